The summed E-state index contributed by atoms with van der Waals surface area (Å²) in [5.74, 6) is 0. The van der Waals surface area contributed by atoms with Gasteiger partial charge >= 0.3 is 6.03 Å². The maximum atomic E-state index is 11.3. The molecule has 0 rings (SSSR count). The van der Waals surface area contributed by atoms with Crippen LogP contribution in [-0.4, -0.2) is 76.3 Å². The Bertz CT molecular complexity index is 289. The minimum atomic E-state index is -1.68. The predicted octanol–water partition coefficient (Wildman–Crippen LogP) is -2.25. The van der Waals surface area contributed by atoms with Crippen molar-refractivity contribution < 1.29 is 30.0 Å². The molecule has 0 heterocycles. The van der Waals surface area contributed by atoms with E-state index < -0.39 is 43.8 Å². The van der Waals surface area contributed by atoms with E-state index in [2.05, 4.69) is 10.6 Å². The number of carbonyl (C=O) groups excluding carboxylic acids is 1. The van der Waals surface area contributed by atoms with Gasteiger partial charge in [0.25, 0.3) is 0 Å². The van der Waals surface area contributed by atoms with Crippen molar-refractivity contribution >= 4 is 6.03 Å². The highest BCUT2D eigenvalue weighted by Crippen LogP contribution is 2.05. The second-order valence-electron chi connectivity index (χ2n) is 3.83. The summed E-state index contributed by atoms with van der Waals surface area (Å²) >= 11 is 0. The van der Waals surface area contributed by atoms with Crippen LogP contribution in [0.25, 0.3) is 0 Å². The standard InChI is InChI=1S/C9H19N3O7/c1-5(15)7(4-14)19-8(16)6(3-13)10-9(17)12(2)11-18/h5-8,13-16H,3-4H2,1-2H3,(H,10,17)/t5-,6-,7?,8?/m0/s1. The Morgan fingerprint density at radius 1 is 1.37 bits per heavy atom. The van der Waals surface area contributed by atoms with Crippen LogP contribution in [0, 0.1) is 4.91 Å². The molecule has 0 aliphatic carbocycles. The van der Waals surface area contributed by atoms with Gasteiger partial charge in [0.15, 0.2) is 6.29 Å². The van der Waals surface area contributed by atoms with Crippen molar-refractivity contribution in [3.63, 3.8) is 0 Å². The molecule has 0 saturated heterocycles. The highest BCUT2D eigenvalue weighted by atomic mass is 16.6. The van der Waals surface area contributed by atoms with Crippen LogP contribution in [0.1, 0.15) is 6.92 Å². The summed E-state index contributed by atoms with van der Waals surface area (Å²) in [6.07, 6.45) is -3.82. The SMILES string of the molecule is C[C@H](O)C(CO)OC(O)[C@H](CO)NC(=O)N(C)N=O. The van der Waals surface area contributed by atoms with Gasteiger partial charge in [0.2, 0.25) is 0 Å². The Labute approximate surface area is 109 Å². The maximum absolute atomic E-state index is 11.3. The second-order valence-corrected chi connectivity index (χ2v) is 3.83. The van der Waals surface area contributed by atoms with Crippen LogP contribution < -0.4 is 5.32 Å². The third-order valence-electron chi connectivity index (χ3n) is 2.30. The first-order valence-electron chi connectivity index (χ1n) is 5.48. The van der Waals surface area contributed by atoms with Crippen molar-refractivity contribution in [2.24, 2.45) is 5.29 Å². The van der Waals surface area contributed by atoms with E-state index in [0.717, 1.165) is 7.05 Å². The van der Waals surface area contributed by atoms with Crippen molar-refractivity contribution in [1.29, 1.82) is 0 Å². The Morgan fingerprint density at radius 3 is 2.32 bits per heavy atom. The molecule has 0 spiro atoms. The number of nitrogens with one attached hydrogen (secondary N) is 1. The molecule has 4 atom stereocenters. The molecule has 0 aromatic rings. The van der Waals surface area contributed by atoms with Crippen LogP contribution in [0.4, 0.5) is 4.79 Å². The smallest absolute Gasteiger partial charge is 0.340 e. The highest BCUT2D eigenvalue weighted by Gasteiger charge is 2.27. The first-order valence-corrected chi connectivity index (χ1v) is 5.48. The van der Waals surface area contributed by atoms with Crippen molar-refractivity contribution in [3.8, 4) is 0 Å². The maximum Gasteiger partial charge on any atom is 0.340 e. The summed E-state index contributed by atoms with van der Waals surface area (Å²) in [6, 6.07) is -2.20. The molecule has 5 N–H and O–H groups in total. The number of nitrogens with zero attached hydrogens (tertiary/aromatic N) is 2. The third kappa shape index (κ3) is 5.89. The molecule has 112 valence electrons. The van der Waals surface area contributed by atoms with E-state index >= 15 is 0 Å². The minimum Gasteiger partial charge on any atom is -0.394 e. The molecular formula is C9H19N3O7. The van der Waals surface area contributed by atoms with Gasteiger partial charge in [-0.25, -0.2) is 4.79 Å². The molecule has 0 aliphatic heterocycles. The summed E-state index contributed by atoms with van der Waals surface area (Å²) in [6.45, 7) is 0.0956. The quantitative estimate of drug-likeness (QED) is 0.191. The van der Waals surface area contributed by atoms with E-state index in [1.165, 1.54) is 6.92 Å². The zero-order valence-corrected chi connectivity index (χ0v) is 10.6. The lowest BCUT2D eigenvalue weighted by Gasteiger charge is -2.27. The van der Waals surface area contributed by atoms with Crippen LogP contribution in [-0.2, 0) is 4.74 Å². The van der Waals surface area contributed by atoms with Crippen LogP contribution in [0.15, 0.2) is 5.29 Å². The van der Waals surface area contributed by atoms with Gasteiger partial charge in [0.1, 0.15) is 12.1 Å². The van der Waals surface area contributed by atoms with Gasteiger partial charge in [0.05, 0.1) is 24.6 Å². The summed E-state index contributed by atoms with van der Waals surface area (Å²) in [4.78, 5) is 21.4. The molecule has 0 bridgehead atoms. The average molecular weight is 281 g/mol. The molecule has 0 fully saturated rings. The molecule has 10 nitrogen and oxygen atoms in total. The Hall–Kier alpha value is -1.33. The zero-order chi connectivity index (χ0) is 15.0. The molecule has 10 heteroatoms. The molecule has 0 saturated carbocycles. The second kappa shape index (κ2) is 8.72. The molecular weight excluding hydrogens is 262 g/mol. The van der Waals surface area contributed by atoms with E-state index in [1.54, 1.807) is 0 Å². The number of amides is 2. The van der Waals surface area contributed by atoms with Crippen molar-refractivity contribution in [3.05, 3.63) is 4.91 Å². The predicted molar refractivity (Wildman–Crippen MR) is 62.6 cm³/mol. The Morgan fingerprint density at radius 2 is 1.95 bits per heavy atom. The summed E-state index contributed by atoms with van der Waals surface area (Å²) < 4.78 is 4.88. The third-order valence-corrected chi connectivity index (χ3v) is 2.30. The lowest BCUT2D eigenvalue weighted by molar-refractivity contribution is -0.188. The number of rotatable bonds is 8. The molecule has 0 aromatic heterocycles. The first-order chi connectivity index (χ1) is 8.87. The van der Waals surface area contributed by atoms with Gasteiger partial charge in [-0.2, -0.15) is 5.01 Å². The lowest BCUT2D eigenvalue weighted by Crippen LogP contribution is -2.51. The zero-order valence-electron chi connectivity index (χ0n) is 10.6. The normalized spacial score (nSPS) is 17.2. The number of hydrogen-bond acceptors (Lipinski definition) is 8. The number of carbonyl (C=O) groups is 1. The van der Waals surface area contributed by atoms with Gasteiger partial charge in [0, 0.05) is 7.05 Å². The number of urea groups is 1. The molecule has 19 heavy (non-hydrogen) atoms. The topological polar surface area (TPSA) is 152 Å². The van der Waals surface area contributed by atoms with Crippen LogP contribution in [0.3, 0.4) is 0 Å². The largest absolute Gasteiger partial charge is 0.394 e. The molecule has 2 unspecified atom stereocenters. The van der Waals surface area contributed by atoms with E-state index in [9.17, 15) is 19.9 Å². The van der Waals surface area contributed by atoms with Crippen molar-refractivity contribution in [2.75, 3.05) is 20.3 Å². The van der Waals surface area contributed by atoms with E-state index in [0.29, 0.717) is 5.01 Å². The molecule has 0 aromatic carbocycles. The Balaban J connectivity index is 4.50. The summed E-state index contributed by atoms with van der Waals surface area (Å²) in [5, 5.41) is 41.6. The Kier molecular flexibility index (Phi) is 8.11. The number of nitroso groups, excluding NO2 is 1. The monoisotopic (exact) mass is 281 g/mol. The van der Waals surface area contributed by atoms with E-state index in [1.807, 2.05) is 0 Å². The molecule has 2 amide bonds. The van der Waals surface area contributed by atoms with Crippen LogP contribution in [0.5, 0.6) is 0 Å². The number of hydrogen-bond donors (Lipinski definition) is 5. The van der Waals surface area contributed by atoms with E-state index in [-0.39, 0.29) is 0 Å². The summed E-state index contributed by atoms with van der Waals surface area (Å²) in [7, 11) is 1.08. The van der Waals surface area contributed by atoms with Gasteiger partial charge in [-0.05, 0) is 6.92 Å². The van der Waals surface area contributed by atoms with Crippen molar-refractivity contribution in [2.45, 2.75) is 31.5 Å². The van der Waals surface area contributed by atoms with Gasteiger partial charge in [-0.3, -0.25) is 0 Å². The molecule has 0 radical (unpaired) electrons. The fraction of sp³-hybridized carbons (Fsp3) is 0.889. The van der Waals surface area contributed by atoms with Gasteiger partial charge < -0.3 is 30.5 Å². The average Bonchev–Trinajstić information content (AvgIpc) is 2.39. The van der Waals surface area contributed by atoms with Gasteiger partial charge in [-0.1, -0.05) is 0 Å². The number of aliphatic hydroxyl groups is 4. The highest BCUT2D eigenvalue weighted by molar-refractivity contribution is 5.73. The number of ether oxygens (including phenoxy) is 1. The molecule has 0 aliphatic rings. The van der Waals surface area contributed by atoms with Crippen LogP contribution in [0.2, 0.25) is 0 Å². The fourth-order valence-electron chi connectivity index (χ4n) is 1.08. The first kappa shape index (κ1) is 17.7. The lowest BCUT2D eigenvalue weighted by atomic mass is 10.2. The van der Waals surface area contributed by atoms with Crippen molar-refractivity contribution in [1.82, 2.24) is 10.3 Å². The minimum absolute atomic E-state index is 0.424. The number of aliphatic hydroxyl groups excluding tert-OH is 4. The van der Waals surface area contributed by atoms with Crippen LogP contribution >= 0.6 is 0 Å². The van der Waals surface area contributed by atoms with E-state index in [4.69, 9.17) is 14.9 Å². The van der Waals surface area contributed by atoms with Gasteiger partial charge in [-0.15, -0.1) is 4.91 Å². The summed E-state index contributed by atoms with van der Waals surface area (Å²) in [5.41, 5.74) is 0. The fourth-order valence-corrected chi connectivity index (χ4v) is 1.08.